The van der Waals surface area contributed by atoms with Crippen LogP contribution < -0.4 is 0 Å². The fourth-order valence-electron chi connectivity index (χ4n) is 1.15. The van der Waals surface area contributed by atoms with Gasteiger partial charge in [0.25, 0.3) is 0 Å². The van der Waals surface area contributed by atoms with Crippen LogP contribution in [0.4, 0.5) is 0 Å². The molecule has 0 bridgehead atoms. The van der Waals surface area contributed by atoms with Crippen LogP contribution in [-0.4, -0.2) is 19.7 Å². The lowest BCUT2D eigenvalue weighted by Crippen LogP contribution is -2.00. The van der Waals surface area contributed by atoms with Gasteiger partial charge in [-0.25, -0.2) is 9.67 Å². The van der Waals surface area contributed by atoms with Crippen molar-refractivity contribution >= 4 is 0 Å². The van der Waals surface area contributed by atoms with Gasteiger partial charge < -0.3 is 0 Å². The van der Waals surface area contributed by atoms with E-state index < -0.39 is 0 Å². The molecule has 0 fully saturated rings. The molecule has 0 radical (unpaired) electrons. The highest BCUT2D eigenvalue weighted by molar-refractivity contribution is 5.51. The van der Waals surface area contributed by atoms with Gasteiger partial charge in [0.05, 0.1) is 0 Å². The summed E-state index contributed by atoms with van der Waals surface area (Å²) in [7, 11) is 0. The average Bonchev–Trinajstić information content (AvgIpc) is 2.68. The molecule has 0 N–H and O–H groups in total. The molecule has 0 amide bonds. The van der Waals surface area contributed by atoms with Gasteiger partial charge in [0.15, 0.2) is 5.82 Å². The number of hydrogen-bond acceptors (Lipinski definition) is 3. The Bertz CT molecular complexity index is 405. The van der Waals surface area contributed by atoms with E-state index in [2.05, 4.69) is 28.9 Å². The van der Waals surface area contributed by atoms with Gasteiger partial charge >= 0.3 is 0 Å². The monoisotopic (exact) mass is 188 g/mol. The zero-order valence-corrected chi connectivity index (χ0v) is 8.25. The summed E-state index contributed by atoms with van der Waals surface area (Å²) in [6.07, 6.45) is 5.25. The maximum absolute atomic E-state index is 4.35. The third kappa shape index (κ3) is 1.64. The Morgan fingerprint density at radius 1 is 1.36 bits per heavy atom. The Morgan fingerprint density at radius 2 is 2.21 bits per heavy atom. The number of aromatic nitrogens is 4. The van der Waals surface area contributed by atoms with Crippen molar-refractivity contribution in [3.63, 3.8) is 0 Å². The molecule has 0 atom stereocenters. The Kier molecular flexibility index (Phi) is 2.26. The van der Waals surface area contributed by atoms with Crippen LogP contribution in [0.2, 0.25) is 0 Å². The molecule has 0 saturated heterocycles. The Morgan fingerprint density at radius 3 is 2.79 bits per heavy atom. The van der Waals surface area contributed by atoms with E-state index in [1.54, 1.807) is 18.7 Å². The maximum Gasteiger partial charge on any atom is 0.182 e. The van der Waals surface area contributed by atoms with Crippen LogP contribution >= 0.6 is 0 Å². The minimum absolute atomic E-state index is 0.341. The topological polar surface area (TPSA) is 43.6 Å². The van der Waals surface area contributed by atoms with E-state index in [1.165, 1.54) is 0 Å². The third-order valence-electron chi connectivity index (χ3n) is 1.96. The fourth-order valence-corrected chi connectivity index (χ4v) is 1.15. The first-order chi connectivity index (χ1) is 6.77. The molecule has 0 aliphatic carbocycles. The van der Waals surface area contributed by atoms with Gasteiger partial charge in [-0.05, 0) is 26.0 Å². The molecule has 2 heterocycles. The van der Waals surface area contributed by atoms with Crippen LogP contribution in [0.5, 0.6) is 0 Å². The van der Waals surface area contributed by atoms with E-state index >= 15 is 0 Å². The third-order valence-corrected chi connectivity index (χ3v) is 1.96. The largest absolute Gasteiger partial charge is 0.264 e. The average molecular weight is 188 g/mol. The molecule has 4 nitrogen and oxygen atoms in total. The quantitative estimate of drug-likeness (QED) is 0.723. The van der Waals surface area contributed by atoms with Crippen molar-refractivity contribution in [2.45, 2.75) is 19.9 Å². The van der Waals surface area contributed by atoms with Crippen molar-refractivity contribution < 1.29 is 0 Å². The lowest BCUT2D eigenvalue weighted by atomic mass is 10.3. The minimum Gasteiger partial charge on any atom is -0.264 e. The van der Waals surface area contributed by atoms with Crippen LogP contribution in [-0.2, 0) is 0 Å². The van der Waals surface area contributed by atoms with Gasteiger partial charge in [0, 0.05) is 24.0 Å². The summed E-state index contributed by atoms with van der Waals surface area (Å²) in [5.41, 5.74) is 0.951. The standard InChI is InChI=1S/C10H12N4/c1-8(2)14-7-12-10(13-14)9-4-3-5-11-6-9/h3-8H,1-2H3. The predicted octanol–water partition coefficient (Wildman–Crippen LogP) is 1.92. The molecule has 0 aliphatic rings. The summed E-state index contributed by atoms with van der Waals surface area (Å²) in [6.45, 7) is 4.14. The number of nitrogens with zero attached hydrogens (tertiary/aromatic N) is 4. The van der Waals surface area contributed by atoms with Crippen LogP contribution in [0.15, 0.2) is 30.9 Å². The summed E-state index contributed by atoms with van der Waals surface area (Å²) in [5, 5.41) is 4.35. The molecule has 0 aromatic carbocycles. The lowest BCUT2D eigenvalue weighted by molar-refractivity contribution is 0.532. The SMILES string of the molecule is CC(C)n1cnc(-c2cccnc2)n1. The Balaban J connectivity index is 2.34. The van der Waals surface area contributed by atoms with Gasteiger partial charge in [-0.1, -0.05) is 0 Å². The predicted molar refractivity (Wildman–Crippen MR) is 53.6 cm³/mol. The molecule has 0 aliphatic heterocycles. The first kappa shape index (κ1) is 8.87. The van der Waals surface area contributed by atoms with E-state index in [4.69, 9.17) is 0 Å². The first-order valence-corrected chi connectivity index (χ1v) is 4.59. The summed E-state index contributed by atoms with van der Waals surface area (Å²) in [4.78, 5) is 8.25. The van der Waals surface area contributed by atoms with Crippen molar-refractivity contribution in [2.75, 3.05) is 0 Å². The summed E-state index contributed by atoms with van der Waals surface area (Å²) in [5.74, 6) is 0.729. The van der Waals surface area contributed by atoms with Crippen LogP contribution in [0, 0.1) is 0 Å². The number of rotatable bonds is 2. The molecule has 14 heavy (non-hydrogen) atoms. The Hall–Kier alpha value is -1.71. The molecule has 0 spiro atoms. The van der Waals surface area contributed by atoms with Gasteiger partial charge in [0.2, 0.25) is 0 Å². The number of pyridine rings is 1. The second-order valence-electron chi connectivity index (χ2n) is 3.38. The summed E-state index contributed by atoms with van der Waals surface area (Å²) in [6, 6.07) is 4.17. The van der Waals surface area contributed by atoms with Crippen molar-refractivity contribution in [1.29, 1.82) is 0 Å². The van der Waals surface area contributed by atoms with E-state index in [-0.39, 0.29) is 0 Å². The fraction of sp³-hybridized carbons (Fsp3) is 0.300. The van der Waals surface area contributed by atoms with Crippen molar-refractivity contribution in [3.05, 3.63) is 30.9 Å². The second kappa shape index (κ2) is 3.57. The lowest BCUT2D eigenvalue weighted by Gasteiger charge is -2.01. The highest BCUT2D eigenvalue weighted by Gasteiger charge is 2.05. The van der Waals surface area contributed by atoms with Gasteiger partial charge in [-0.15, -0.1) is 0 Å². The van der Waals surface area contributed by atoms with E-state index in [1.807, 2.05) is 16.8 Å². The van der Waals surface area contributed by atoms with Crippen molar-refractivity contribution in [1.82, 2.24) is 19.7 Å². The van der Waals surface area contributed by atoms with Crippen LogP contribution in [0.1, 0.15) is 19.9 Å². The smallest absolute Gasteiger partial charge is 0.182 e. The molecule has 0 unspecified atom stereocenters. The maximum atomic E-state index is 4.35. The normalized spacial score (nSPS) is 10.8. The zero-order valence-electron chi connectivity index (χ0n) is 8.25. The van der Waals surface area contributed by atoms with E-state index in [0.29, 0.717) is 6.04 Å². The molecule has 4 heteroatoms. The molecule has 2 aromatic rings. The summed E-state index contributed by atoms with van der Waals surface area (Å²) >= 11 is 0. The van der Waals surface area contributed by atoms with Crippen molar-refractivity contribution in [3.8, 4) is 11.4 Å². The highest BCUT2D eigenvalue weighted by Crippen LogP contribution is 2.13. The molecule has 2 rings (SSSR count). The zero-order chi connectivity index (χ0) is 9.97. The Labute approximate surface area is 82.6 Å². The van der Waals surface area contributed by atoms with Crippen LogP contribution in [0.25, 0.3) is 11.4 Å². The van der Waals surface area contributed by atoms with Gasteiger partial charge in [0.1, 0.15) is 6.33 Å². The highest BCUT2D eigenvalue weighted by atomic mass is 15.3. The molecule has 2 aromatic heterocycles. The molecular formula is C10H12N4. The second-order valence-corrected chi connectivity index (χ2v) is 3.38. The van der Waals surface area contributed by atoms with E-state index in [0.717, 1.165) is 11.4 Å². The van der Waals surface area contributed by atoms with Gasteiger partial charge in [-0.3, -0.25) is 4.98 Å². The first-order valence-electron chi connectivity index (χ1n) is 4.59. The molecule has 0 saturated carbocycles. The van der Waals surface area contributed by atoms with E-state index in [9.17, 15) is 0 Å². The van der Waals surface area contributed by atoms with Crippen molar-refractivity contribution in [2.24, 2.45) is 0 Å². The number of hydrogen-bond donors (Lipinski definition) is 0. The van der Waals surface area contributed by atoms with Crippen LogP contribution in [0.3, 0.4) is 0 Å². The molecular weight excluding hydrogens is 176 g/mol. The minimum atomic E-state index is 0.341. The van der Waals surface area contributed by atoms with Gasteiger partial charge in [-0.2, -0.15) is 5.10 Å². The summed E-state index contributed by atoms with van der Waals surface area (Å²) < 4.78 is 1.84. The molecule has 72 valence electrons.